The fourth-order valence-electron chi connectivity index (χ4n) is 3.98. The minimum absolute atomic E-state index is 0. The molecule has 0 spiro atoms. The third kappa shape index (κ3) is 7.12. The summed E-state index contributed by atoms with van der Waals surface area (Å²) in [6, 6.07) is 10.3. The maximum absolute atomic E-state index is 13.1. The highest BCUT2D eigenvalue weighted by atomic mass is 35.5. The molecule has 1 aromatic heterocycles. The van der Waals surface area contributed by atoms with Gasteiger partial charge in [-0.05, 0) is 62.2 Å². The Bertz CT molecular complexity index is 1300. The molecule has 0 radical (unpaired) electrons. The van der Waals surface area contributed by atoms with E-state index in [1.54, 1.807) is 6.07 Å². The summed E-state index contributed by atoms with van der Waals surface area (Å²) in [5.41, 5.74) is 2.37. The lowest BCUT2D eigenvalue weighted by atomic mass is 10.0. The van der Waals surface area contributed by atoms with Crippen LogP contribution < -0.4 is 10.6 Å². The van der Waals surface area contributed by atoms with Crippen molar-refractivity contribution >= 4 is 52.9 Å². The topological polar surface area (TPSA) is 112 Å². The molecular weight excluding hydrogens is 519 g/mol. The number of aromatic carboxylic acids is 1. The van der Waals surface area contributed by atoms with E-state index < -0.39 is 17.7 Å². The number of anilines is 2. The number of benzene rings is 2. The summed E-state index contributed by atoms with van der Waals surface area (Å²) in [6.07, 6.45) is 1.13. The lowest BCUT2D eigenvalue weighted by Gasteiger charge is -2.29. The summed E-state index contributed by atoms with van der Waals surface area (Å²) in [5, 5.41) is 15.2. The third-order valence-corrected chi connectivity index (χ3v) is 7.12. The van der Waals surface area contributed by atoms with Gasteiger partial charge in [0.1, 0.15) is 5.82 Å². The van der Waals surface area contributed by atoms with Crippen LogP contribution in [0.3, 0.4) is 0 Å². The van der Waals surface area contributed by atoms with Gasteiger partial charge in [0, 0.05) is 48.2 Å². The molecule has 2 heterocycles. The number of thiazole rings is 1. The average molecular weight is 547 g/mol. The second kappa shape index (κ2) is 12.3. The lowest BCUT2D eigenvalue weighted by Crippen LogP contribution is -2.35. The van der Waals surface area contributed by atoms with Crippen molar-refractivity contribution in [2.45, 2.75) is 45.7 Å². The van der Waals surface area contributed by atoms with E-state index in [0.29, 0.717) is 28.0 Å². The van der Waals surface area contributed by atoms with Gasteiger partial charge in [-0.15, -0.1) is 23.7 Å². The van der Waals surface area contributed by atoms with E-state index >= 15 is 0 Å². The van der Waals surface area contributed by atoms with Crippen molar-refractivity contribution in [3.8, 4) is 0 Å². The van der Waals surface area contributed by atoms with Crippen LogP contribution >= 0.6 is 23.7 Å². The maximum Gasteiger partial charge on any atom is 0.335 e. The van der Waals surface area contributed by atoms with Gasteiger partial charge in [0.15, 0.2) is 5.01 Å². The van der Waals surface area contributed by atoms with Crippen LogP contribution in [-0.4, -0.2) is 45.4 Å². The van der Waals surface area contributed by atoms with Crippen molar-refractivity contribution in [1.29, 1.82) is 0 Å². The Kier molecular flexibility index (Phi) is 9.36. The molecular formula is C26H28ClFN4O4S. The van der Waals surface area contributed by atoms with E-state index in [2.05, 4.69) is 34.4 Å². The number of aryl methyl sites for hydroxylation is 1. The Balaban J connectivity index is 0.00000380. The van der Waals surface area contributed by atoms with E-state index in [9.17, 15) is 23.9 Å². The quantitative estimate of drug-likeness (QED) is 0.367. The molecule has 3 N–H and O–H groups in total. The number of aromatic nitrogens is 1. The normalized spacial score (nSPS) is 13.0. The summed E-state index contributed by atoms with van der Waals surface area (Å²) < 4.78 is 13.1. The predicted molar refractivity (Wildman–Crippen MR) is 143 cm³/mol. The summed E-state index contributed by atoms with van der Waals surface area (Å²) in [6.45, 7) is 5.91. The van der Waals surface area contributed by atoms with E-state index in [1.165, 1.54) is 47.7 Å². The largest absolute Gasteiger partial charge is 0.478 e. The summed E-state index contributed by atoms with van der Waals surface area (Å²) in [7, 11) is 0. The number of carboxylic acid groups (broad SMARTS) is 1. The molecule has 0 saturated heterocycles. The Labute approximate surface area is 224 Å². The number of nitrogens with one attached hydrogen (secondary N) is 2. The van der Waals surface area contributed by atoms with Crippen molar-refractivity contribution < 1.29 is 23.9 Å². The number of hydrogen-bond acceptors (Lipinski definition) is 6. The van der Waals surface area contributed by atoms with Gasteiger partial charge in [-0.25, -0.2) is 14.2 Å². The Morgan fingerprint density at radius 2 is 1.86 bits per heavy atom. The zero-order valence-corrected chi connectivity index (χ0v) is 22.0. The SMILES string of the molecule is CC(C)N1CCc2nc(C(=O)Nc3cc(C(=O)O)ccc3CCC(=O)Nc3ccc(F)cc3)sc2C1.Cl. The summed E-state index contributed by atoms with van der Waals surface area (Å²) in [5.74, 6) is -2.22. The molecule has 0 aliphatic carbocycles. The first kappa shape index (κ1) is 28.2. The molecule has 4 rings (SSSR count). The molecule has 0 saturated carbocycles. The van der Waals surface area contributed by atoms with Crippen LogP contribution in [0.4, 0.5) is 15.8 Å². The van der Waals surface area contributed by atoms with Crippen molar-refractivity contribution in [3.05, 3.63) is 75.0 Å². The van der Waals surface area contributed by atoms with Gasteiger partial charge in [-0.3, -0.25) is 14.5 Å². The van der Waals surface area contributed by atoms with Gasteiger partial charge in [0.2, 0.25) is 5.91 Å². The molecule has 0 fully saturated rings. The zero-order chi connectivity index (χ0) is 25.8. The molecule has 37 heavy (non-hydrogen) atoms. The minimum atomic E-state index is -1.12. The van der Waals surface area contributed by atoms with Crippen molar-refractivity contribution in [2.24, 2.45) is 0 Å². The summed E-state index contributed by atoms with van der Waals surface area (Å²) >= 11 is 1.35. The highest BCUT2D eigenvalue weighted by Crippen LogP contribution is 2.28. The molecule has 8 nitrogen and oxygen atoms in total. The first-order chi connectivity index (χ1) is 17.2. The second-order valence-electron chi connectivity index (χ2n) is 8.89. The number of carbonyl (C=O) groups is 3. The number of halogens is 2. The lowest BCUT2D eigenvalue weighted by molar-refractivity contribution is -0.116. The average Bonchev–Trinajstić information content (AvgIpc) is 3.28. The molecule has 0 atom stereocenters. The first-order valence-electron chi connectivity index (χ1n) is 11.6. The van der Waals surface area contributed by atoms with Crippen LogP contribution in [0.15, 0.2) is 42.5 Å². The van der Waals surface area contributed by atoms with Crippen molar-refractivity contribution in [1.82, 2.24) is 9.88 Å². The Morgan fingerprint density at radius 1 is 1.14 bits per heavy atom. The molecule has 1 aliphatic heterocycles. The van der Waals surface area contributed by atoms with Crippen LogP contribution in [-0.2, 0) is 24.2 Å². The monoisotopic (exact) mass is 546 g/mol. The fourth-order valence-corrected chi connectivity index (χ4v) is 5.01. The molecule has 0 unspecified atom stereocenters. The van der Waals surface area contributed by atoms with Crippen molar-refractivity contribution in [3.63, 3.8) is 0 Å². The van der Waals surface area contributed by atoms with E-state index in [4.69, 9.17) is 0 Å². The number of hydrogen-bond donors (Lipinski definition) is 3. The molecule has 11 heteroatoms. The van der Waals surface area contributed by atoms with Gasteiger partial charge in [-0.1, -0.05) is 6.07 Å². The maximum atomic E-state index is 13.1. The number of carbonyl (C=O) groups excluding carboxylic acids is 2. The number of amides is 2. The third-order valence-electron chi connectivity index (χ3n) is 6.04. The number of fused-ring (bicyclic) bond motifs is 1. The zero-order valence-electron chi connectivity index (χ0n) is 20.4. The van der Waals surface area contributed by atoms with Crippen LogP contribution in [0.1, 0.15) is 56.6 Å². The van der Waals surface area contributed by atoms with Crippen LogP contribution in [0.25, 0.3) is 0 Å². The Morgan fingerprint density at radius 3 is 2.54 bits per heavy atom. The molecule has 1 aliphatic rings. The number of carboxylic acids is 1. The highest BCUT2D eigenvalue weighted by Gasteiger charge is 2.25. The van der Waals surface area contributed by atoms with Gasteiger partial charge in [0.25, 0.3) is 5.91 Å². The van der Waals surface area contributed by atoms with Gasteiger partial charge in [-0.2, -0.15) is 0 Å². The first-order valence-corrected chi connectivity index (χ1v) is 12.5. The van der Waals surface area contributed by atoms with Crippen molar-refractivity contribution in [2.75, 3.05) is 17.2 Å². The van der Waals surface area contributed by atoms with Crippen LogP contribution in [0.2, 0.25) is 0 Å². The van der Waals surface area contributed by atoms with Gasteiger partial charge >= 0.3 is 5.97 Å². The van der Waals surface area contributed by atoms with E-state index in [1.807, 2.05) is 0 Å². The number of nitrogens with zero attached hydrogens (tertiary/aromatic N) is 2. The molecule has 0 bridgehead atoms. The minimum Gasteiger partial charge on any atom is -0.478 e. The fraction of sp³-hybridized carbons (Fsp3) is 0.308. The Hall–Kier alpha value is -3.34. The van der Waals surface area contributed by atoms with Crippen LogP contribution in [0.5, 0.6) is 0 Å². The van der Waals surface area contributed by atoms with E-state index in [0.717, 1.165) is 30.1 Å². The standard InChI is InChI=1S/C26H27FN4O4S.ClH/c1-15(2)31-12-11-20-22(14-31)36-25(30-20)24(33)29-21-13-17(26(34)35)4-3-16(21)5-10-23(32)28-19-8-6-18(27)7-9-19;/h3-4,6-9,13,15H,5,10-12,14H2,1-2H3,(H,28,32)(H,29,33)(H,34,35);1H. The predicted octanol–water partition coefficient (Wildman–Crippen LogP) is 4.99. The molecule has 196 valence electrons. The summed E-state index contributed by atoms with van der Waals surface area (Å²) in [4.78, 5) is 44.9. The van der Waals surface area contributed by atoms with Crippen LogP contribution in [0, 0.1) is 5.82 Å². The molecule has 2 aromatic carbocycles. The number of rotatable bonds is 8. The van der Waals surface area contributed by atoms with E-state index in [-0.39, 0.29) is 36.7 Å². The highest BCUT2D eigenvalue weighted by molar-refractivity contribution is 7.13. The van der Waals surface area contributed by atoms with Gasteiger partial charge in [0.05, 0.1) is 11.3 Å². The smallest absolute Gasteiger partial charge is 0.335 e. The molecule has 3 aromatic rings. The molecule has 2 amide bonds. The second-order valence-corrected chi connectivity index (χ2v) is 9.97. The van der Waals surface area contributed by atoms with Gasteiger partial charge < -0.3 is 15.7 Å².